The molecule has 0 aliphatic carbocycles. The van der Waals surface area contributed by atoms with Gasteiger partial charge in [-0.2, -0.15) is 0 Å². The normalized spacial score (nSPS) is 19.3. The third-order valence-electron chi connectivity index (χ3n) is 5.91. The lowest BCUT2D eigenvalue weighted by molar-refractivity contribution is -0.938. The Morgan fingerprint density at radius 1 is 1.00 bits per heavy atom. The van der Waals surface area contributed by atoms with Crippen LogP contribution >= 0.6 is 0 Å². The van der Waals surface area contributed by atoms with E-state index in [1.807, 2.05) is 12.1 Å². The number of halogens is 1. The molecule has 1 saturated heterocycles. The second-order valence-corrected chi connectivity index (χ2v) is 7.10. The molecule has 2 nitrogen and oxygen atoms in total. The molecule has 0 atom stereocenters. The minimum atomic E-state index is -0.170. The number of anilines is 1. The van der Waals surface area contributed by atoms with Crippen LogP contribution in [0, 0.1) is 5.82 Å². The van der Waals surface area contributed by atoms with Gasteiger partial charge in [-0.1, -0.05) is 24.3 Å². The van der Waals surface area contributed by atoms with E-state index in [0.29, 0.717) is 0 Å². The first kappa shape index (κ1) is 15.6. The number of likely N-dealkylation sites (tertiary alicyclic amines) is 1. The summed E-state index contributed by atoms with van der Waals surface area (Å²) in [7, 11) is 0. The van der Waals surface area contributed by atoms with Crippen LogP contribution in [-0.2, 0) is 6.42 Å². The van der Waals surface area contributed by atoms with Crippen molar-refractivity contribution in [1.82, 2.24) is 0 Å². The third kappa shape index (κ3) is 2.51. The number of benzene rings is 2. The van der Waals surface area contributed by atoms with Gasteiger partial charge in [-0.15, -0.1) is 0 Å². The molecule has 0 saturated carbocycles. The maximum Gasteiger partial charge on any atom is 0.123 e. The van der Waals surface area contributed by atoms with Gasteiger partial charge in [-0.05, 0) is 67.5 Å². The summed E-state index contributed by atoms with van der Waals surface area (Å²) < 4.78 is 14.4. The van der Waals surface area contributed by atoms with Crippen LogP contribution in [0.1, 0.15) is 31.7 Å². The maximum atomic E-state index is 13.3. The first-order chi connectivity index (χ1) is 11.7. The Kier molecular flexibility index (Phi) is 4.05. The zero-order valence-electron chi connectivity index (χ0n) is 14.5. The highest BCUT2D eigenvalue weighted by Crippen LogP contribution is 2.40. The molecule has 3 heteroatoms. The van der Waals surface area contributed by atoms with Crippen LogP contribution < -0.4 is 5.01 Å². The first-order valence-corrected chi connectivity index (χ1v) is 9.25. The largest absolute Gasteiger partial charge is 0.224 e. The molecular formula is C21H26FN2+. The van der Waals surface area contributed by atoms with E-state index in [4.69, 9.17) is 0 Å². The second-order valence-electron chi connectivity index (χ2n) is 7.10. The fourth-order valence-electron chi connectivity index (χ4n) is 4.59. The minimum Gasteiger partial charge on any atom is -0.224 e. The van der Waals surface area contributed by atoms with Crippen LogP contribution in [-0.4, -0.2) is 30.8 Å². The molecule has 0 aromatic heterocycles. The Morgan fingerprint density at radius 2 is 1.75 bits per heavy atom. The van der Waals surface area contributed by atoms with E-state index in [0.717, 1.165) is 23.1 Å². The van der Waals surface area contributed by atoms with Crippen LogP contribution in [0.25, 0.3) is 11.1 Å². The number of quaternary nitrogens is 1. The summed E-state index contributed by atoms with van der Waals surface area (Å²) in [5.74, 6) is -0.170. The Labute approximate surface area is 144 Å². The van der Waals surface area contributed by atoms with E-state index >= 15 is 0 Å². The number of nitrogens with zero attached hydrogens (tertiary/aromatic N) is 2. The highest BCUT2D eigenvalue weighted by molar-refractivity contribution is 5.75. The molecule has 0 N–H and O–H groups in total. The quantitative estimate of drug-likeness (QED) is 0.733. The van der Waals surface area contributed by atoms with Gasteiger partial charge in [-0.3, -0.25) is 0 Å². The van der Waals surface area contributed by atoms with E-state index in [1.54, 1.807) is 12.1 Å². The van der Waals surface area contributed by atoms with E-state index in [1.165, 1.54) is 55.7 Å². The molecule has 0 radical (unpaired) electrons. The lowest BCUT2D eigenvalue weighted by atomic mass is 9.98. The van der Waals surface area contributed by atoms with E-state index in [-0.39, 0.29) is 5.82 Å². The second kappa shape index (κ2) is 6.21. The molecule has 126 valence electrons. The van der Waals surface area contributed by atoms with Gasteiger partial charge in [0.1, 0.15) is 18.9 Å². The van der Waals surface area contributed by atoms with Crippen molar-refractivity contribution >= 4 is 5.69 Å². The average molecular weight is 325 g/mol. The van der Waals surface area contributed by atoms with Gasteiger partial charge in [0, 0.05) is 0 Å². The first-order valence-electron chi connectivity index (χ1n) is 9.25. The average Bonchev–Trinajstić information content (AvgIpc) is 3.08. The fourth-order valence-corrected chi connectivity index (χ4v) is 4.59. The molecule has 2 aromatic carbocycles. The monoisotopic (exact) mass is 325 g/mol. The summed E-state index contributed by atoms with van der Waals surface area (Å²) >= 11 is 0. The van der Waals surface area contributed by atoms with Crippen molar-refractivity contribution in [2.24, 2.45) is 0 Å². The molecule has 0 bridgehead atoms. The summed E-state index contributed by atoms with van der Waals surface area (Å²) in [5, 5.41) is 2.64. The Morgan fingerprint density at radius 3 is 2.46 bits per heavy atom. The molecular weight excluding hydrogens is 299 g/mol. The predicted octanol–water partition coefficient (Wildman–Crippen LogP) is 4.79. The van der Waals surface area contributed by atoms with Gasteiger partial charge in [0.15, 0.2) is 0 Å². The summed E-state index contributed by atoms with van der Waals surface area (Å²) in [5.41, 5.74) is 5.21. The van der Waals surface area contributed by atoms with Crippen molar-refractivity contribution in [2.45, 2.75) is 32.6 Å². The Bertz CT molecular complexity index is 717. The summed E-state index contributed by atoms with van der Waals surface area (Å²) in [4.78, 5) is 0. The van der Waals surface area contributed by atoms with Crippen LogP contribution in [0.15, 0.2) is 42.5 Å². The summed E-state index contributed by atoms with van der Waals surface area (Å²) in [6.45, 7) is 7.11. The zero-order valence-corrected chi connectivity index (χ0v) is 14.5. The van der Waals surface area contributed by atoms with Gasteiger partial charge in [0.25, 0.3) is 0 Å². The highest BCUT2D eigenvalue weighted by atomic mass is 19.1. The molecule has 2 aliphatic heterocycles. The zero-order chi connectivity index (χ0) is 16.6. The fraction of sp³-hybridized carbons (Fsp3) is 0.429. The smallest absolute Gasteiger partial charge is 0.123 e. The van der Waals surface area contributed by atoms with Gasteiger partial charge >= 0.3 is 0 Å². The molecule has 0 unspecified atom stereocenters. The molecule has 2 aromatic rings. The molecule has 2 heterocycles. The van der Waals surface area contributed by atoms with Crippen molar-refractivity contribution in [3.8, 4) is 11.1 Å². The Hall–Kier alpha value is -1.87. The standard InChI is InChI=1S/C21H26FN2/c1-2-24(15-4-3-5-16-24)23-14-13-20-19(7-6-8-21(20)23)17-9-11-18(22)12-10-17/h6-12H,2-5,13-16H2,1H3/q+1. The number of hydrogen-bond donors (Lipinski definition) is 0. The molecule has 1 fully saturated rings. The summed E-state index contributed by atoms with van der Waals surface area (Å²) in [6.07, 6.45) is 5.12. The van der Waals surface area contributed by atoms with Gasteiger partial charge in [0.2, 0.25) is 0 Å². The summed E-state index contributed by atoms with van der Waals surface area (Å²) in [6, 6.07) is 13.5. The molecule has 0 amide bonds. The van der Waals surface area contributed by atoms with E-state index in [9.17, 15) is 4.39 Å². The maximum absolute atomic E-state index is 13.3. The van der Waals surface area contributed by atoms with E-state index < -0.39 is 0 Å². The molecule has 2 aliphatic rings. The van der Waals surface area contributed by atoms with Gasteiger partial charge in [0.05, 0.1) is 18.8 Å². The third-order valence-corrected chi connectivity index (χ3v) is 5.91. The van der Waals surface area contributed by atoms with Crippen molar-refractivity contribution in [2.75, 3.05) is 31.2 Å². The number of fused-ring (bicyclic) bond motifs is 1. The van der Waals surface area contributed by atoms with Crippen LogP contribution in [0.5, 0.6) is 0 Å². The topological polar surface area (TPSA) is 3.24 Å². The number of hydrogen-bond acceptors (Lipinski definition) is 1. The van der Waals surface area contributed by atoms with E-state index in [2.05, 4.69) is 30.1 Å². The molecule has 4 rings (SSSR count). The minimum absolute atomic E-state index is 0.170. The van der Waals surface area contributed by atoms with Crippen molar-refractivity contribution < 1.29 is 8.98 Å². The van der Waals surface area contributed by atoms with Crippen LogP contribution in [0.2, 0.25) is 0 Å². The van der Waals surface area contributed by atoms with Crippen LogP contribution in [0.3, 0.4) is 0 Å². The highest BCUT2D eigenvalue weighted by Gasteiger charge is 2.39. The van der Waals surface area contributed by atoms with Gasteiger partial charge < -0.3 is 0 Å². The lowest BCUT2D eigenvalue weighted by Crippen LogP contribution is -2.62. The van der Waals surface area contributed by atoms with Crippen LogP contribution in [0.4, 0.5) is 10.1 Å². The van der Waals surface area contributed by atoms with Crippen molar-refractivity contribution in [1.29, 1.82) is 0 Å². The Balaban J connectivity index is 1.74. The lowest BCUT2D eigenvalue weighted by Gasteiger charge is -2.47. The van der Waals surface area contributed by atoms with Crippen molar-refractivity contribution in [3.05, 3.63) is 53.8 Å². The number of rotatable bonds is 3. The number of piperidine rings is 1. The SMILES string of the molecule is CC[N+]1(N2CCc3c(-c4ccc(F)cc4)cccc32)CCCCC1. The molecule has 0 spiro atoms. The molecule has 24 heavy (non-hydrogen) atoms. The predicted molar refractivity (Wildman–Crippen MR) is 97.3 cm³/mol. The van der Waals surface area contributed by atoms with Gasteiger partial charge in [-0.25, -0.2) is 14.0 Å². The van der Waals surface area contributed by atoms with Crippen molar-refractivity contribution in [3.63, 3.8) is 0 Å².